The van der Waals surface area contributed by atoms with E-state index in [1.807, 2.05) is 0 Å². The number of unbranched alkanes of at least 4 members (excludes halogenated alkanes) is 4. The molecule has 0 amide bonds. The Morgan fingerprint density at radius 3 is 2.38 bits per heavy atom. The molecule has 0 aromatic heterocycles. The summed E-state index contributed by atoms with van der Waals surface area (Å²) in [4.78, 5) is 10.9. The minimum absolute atomic E-state index is 0.358. The van der Waals surface area contributed by atoms with Crippen molar-refractivity contribution in [1.82, 2.24) is 0 Å². The van der Waals surface area contributed by atoms with Crippen molar-refractivity contribution in [3.63, 3.8) is 0 Å². The Morgan fingerprint density at radius 1 is 1.12 bits per heavy atom. The van der Waals surface area contributed by atoms with Gasteiger partial charge in [-0.1, -0.05) is 39.0 Å². The highest BCUT2D eigenvalue weighted by Gasteiger charge is 2.44. The number of carboxylic acids is 1. The largest absolute Gasteiger partial charge is 0.550 e. The molecule has 142 valence electrons. The van der Waals surface area contributed by atoms with Crippen LogP contribution in [0, 0.1) is 0 Å². The summed E-state index contributed by atoms with van der Waals surface area (Å²) in [5, 5.41) is 49.4. The zero-order chi connectivity index (χ0) is 18.1. The first-order chi connectivity index (χ1) is 11.4. The van der Waals surface area contributed by atoms with Gasteiger partial charge in [0.2, 0.25) is 0 Å². The number of ether oxygens (including phenoxy) is 2. The van der Waals surface area contributed by atoms with Gasteiger partial charge in [0.1, 0.15) is 24.4 Å². The Hall–Kier alpha value is -0.770. The molecule has 1 fully saturated rings. The van der Waals surface area contributed by atoms with Gasteiger partial charge in [0.15, 0.2) is 6.29 Å². The van der Waals surface area contributed by atoms with E-state index in [-0.39, 0.29) is 6.42 Å². The Morgan fingerprint density at radius 2 is 1.79 bits per heavy atom. The van der Waals surface area contributed by atoms with Gasteiger partial charge in [-0.2, -0.15) is 0 Å². The van der Waals surface area contributed by atoms with Gasteiger partial charge in [0.05, 0.1) is 12.7 Å². The van der Waals surface area contributed by atoms with Crippen LogP contribution in [0.25, 0.3) is 0 Å². The molecular weight excluding hydrogens is 320 g/mol. The predicted molar refractivity (Wildman–Crippen MR) is 81.6 cm³/mol. The van der Waals surface area contributed by atoms with Crippen LogP contribution in [-0.2, 0) is 14.3 Å². The molecule has 24 heavy (non-hydrogen) atoms. The number of hydrogen-bond donors (Lipinski definition) is 4. The van der Waals surface area contributed by atoms with Crippen molar-refractivity contribution in [2.24, 2.45) is 0 Å². The number of carbonyl (C=O) groups is 1. The van der Waals surface area contributed by atoms with E-state index < -0.39 is 49.4 Å². The van der Waals surface area contributed by atoms with Gasteiger partial charge in [-0.25, -0.2) is 0 Å². The zero-order valence-corrected chi connectivity index (χ0v) is 14.0. The lowest BCUT2D eigenvalue weighted by Gasteiger charge is -2.41. The van der Waals surface area contributed by atoms with Crippen LogP contribution in [-0.4, -0.2) is 69.8 Å². The van der Waals surface area contributed by atoms with Crippen LogP contribution in [0.2, 0.25) is 0 Å². The SMILES string of the molecule is CCCCCCCC(CC(=O)[O-])OC1OC(CO)C(O)C(O)C1O. The van der Waals surface area contributed by atoms with Crippen LogP contribution in [0.15, 0.2) is 0 Å². The highest BCUT2D eigenvalue weighted by atomic mass is 16.7. The molecule has 4 N–H and O–H groups in total. The number of carboxylic acid groups (broad SMARTS) is 1. The summed E-state index contributed by atoms with van der Waals surface area (Å²) in [6.07, 6.45) is -2.64. The maximum atomic E-state index is 10.9. The zero-order valence-electron chi connectivity index (χ0n) is 14.0. The van der Waals surface area contributed by atoms with Gasteiger partial charge in [-0.15, -0.1) is 0 Å². The third-order valence-electron chi connectivity index (χ3n) is 4.20. The molecule has 0 spiro atoms. The van der Waals surface area contributed by atoms with Crippen molar-refractivity contribution in [3.05, 3.63) is 0 Å². The van der Waals surface area contributed by atoms with Crippen LogP contribution >= 0.6 is 0 Å². The van der Waals surface area contributed by atoms with E-state index in [0.29, 0.717) is 6.42 Å². The second-order valence-electron chi connectivity index (χ2n) is 6.23. The molecule has 1 heterocycles. The quantitative estimate of drug-likeness (QED) is 0.337. The molecule has 1 saturated heterocycles. The number of carbonyl (C=O) groups excluding carboxylic acids is 1. The molecule has 0 aromatic carbocycles. The van der Waals surface area contributed by atoms with Gasteiger partial charge in [0, 0.05) is 12.4 Å². The lowest BCUT2D eigenvalue weighted by Crippen LogP contribution is -2.59. The lowest BCUT2D eigenvalue weighted by atomic mass is 9.99. The van der Waals surface area contributed by atoms with E-state index in [2.05, 4.69) is 6.92 Å². The third kappa shape index (κ3) is 6.62. The Bertz CT molecular complexity index is 362. The van der Waals surface area contributed by atoms with Crippen molar-refractivity contribution in [3.8, 4) is 0 Å². The predicted octanol–water partition coefficient (Wildman–Crippen LogP) is -1.33. The van der Waals surface area contributed by atoms with Crippen LogP contribution < -0.4 is 5.11 Å². The Balaban J connectivity index is 2.58. The molecule has 0 saturated carbocycles. The maximum Gasteiger partial charge on any atom is 0.186 e. The molecule has 6 unspecified atom stereocenters. The van der Waals surface area contributed by atoms with Crippen molar-refractivity contribution in [2.45, 2.75) is 88.7 Å². The summed E-state index contributed by atoms with van der Waals surface area (Å²) in [7, 11) is 0. The normalized spacial score (nSPS) is 31.8. The molecular formula is C16H29O8-. The maximum absolute atomic E-state index is 10.9. The van der Waals surface area contributed by atoms with E-state index in [0.717, 1.165) is 32.1 Å². The van der Waals surface area contributed by atoms with Crippen molar-refractivity contribution >= 4 is 5.97 Å². The van der Waals surface area contributed by atoms with Gasteiger partial charge in [-0.3, -0.25) is 0 Å². The molecule has 1 aliphatic heterocycles. The first-order valence-electron chi connectivity index (χ1n) is 8.56. The van der Waals surface area contributed by atoms with Gasteiger partial charge in [-0.05, 0) is 6.42 Å². The number of aliphatic carboxylic acids is 1. The minimum atomic E-state index is -1.55. The summed E-state index contributed by atoms with van der Waals surface area (Å²) >= 11 is 0. The molecule has 6 atom stereocenters. The number of aliphatic hydroxyl groups is 4. The molecule has 1 rings (SSSR count). The van der Waals surface area contributed by atoms with E-state index in [1.165, 1.54) is 0 Å². The Labute approximate surface area is 142 Å². The standard InChI is InChI=1S/C16H30O8/c1-2-3-4-5-6-7-10(8-12(18)19)23-16-15(22)14(21)13(20)11(9-17)24-16/h10-11,13-17,20-22H,2-9H2,1H3,(H,18,19)/p-1. The molecule has 8 heteroatoms. The summed E-state index contributed by atoms with van der Waals surface area (Å²) < 4.78 is 10.7. The van der Waals surface area contributed by atoms with Crippen molar-refractivity contribution in [1.29, 1.82) is 0 Å². The first kappa shape index (κ1) is 21.3. The first-order valence-corrected chi connectivity index (χ1v) is 8.56. The smallest absolute Gasteiger partial charge is 0.186 e. The second-order valence-corrected chi connectivity index (χ2v) is 6.23. The van der Waals surface area contributed by atoms with Crippen LogP contribution in [0.3, 0.4) is 0 Å². The average molecular weight is 349 g/mol. The fourth-order valence-electron chi connectivity index (χ4n) is 2.75. The topological polar surface area (TPSA) is 140 Å². The fraction of sp³-hybridized carbons (Fsp3) is 0.938. The van der Waals surface area contributed by atoms with E-state index in [1.54, 1.807) is 0 Å². The molecule has 8 nitrogen and oxygen atoms in total. The van der Waals surface area contributed by atoms with Gasteiger partial charge in [0.25, 0.3) is 0 Å². The fourth-order valence-corrected chi connectivity index (χ4v) is 2.75. The third-order valence-corrected chi connectivity index (χ3v) is 4.20. The molecule has 0 radical (unpaired) electrons. The average Bonchev–Trinajstić information content (AvgIpc) is 2.54. The lowest BCUT2D eigenvalue weighted by molar-refractivity contribution is -0.323. The summed E-state index contributed by atoms with van der Waals surface area (Å²) in [6.45, 7) is 1.54. The molecule has 0 aliphatic carbocycles. The number of hydrogen-bond acceptors (Lipinski definition) is 8. The second kappa shape index (κ2) is 11.0. The van der Waals surface area contributed by atoms with Crippen LogP contribution in [0.5, 0.6) is 0 Å². The summed E-state index contributed by atoms with van der Waals surface area (Å²) in [5.41, 5.74) is 0. The van der Waals surface area contributed by atoms with Crippen molar-refractivity contribution in [2.75, 3.05) is 6.61 Å². The minimum Gasteiger partial charge on any atom is -0.550 e. The number of aliphatic hydroxyl groups excluding tert-OH is 4. The molecule has 0 aromatic rings. The van der Waals surface area contributed by atoms with E-state index in [9.17, 15) is 25.2 Å². The monoisotopic (exact) mass is 349 g/mol. The Kier molecular flexibility index (Phi) is 9.72. The molecule has 1 aliphatic rings. The summed E-state index contributed by atoms with van der Waals surface area (Å²) in [6, 6.07) is 0. The summed E-state index contributed by atoms with van der Waals surface area (Å²) in [5.74, 6) is -1.28. The van der Waals surface area contributed by atoms with E-state index >= 15 is 0 Å². The van der Waals surface area contributed by atoms with Gasteiger partial charge >= 0.3 is 0 Å². The highest BCUT2D eigenvalue weighted by molar-refractivity contribution is 5.64. The number of rotatable bonds is 11. The van der Waals surface area contributed by atoms with Crippen molar-refractivity contribution < 1.29 is 39.8 Å². The van der Waals surface area contributed by atoms with E-state index in [4.69, 9.17) is 14.6 Å². The molecule has 0 bridgehead atoms. The van der Waals surface area contributed by atoms with Gasteiger partial charge < -0.3 is 39.8 Å². The van der Waals surface area contributed by atoms with Crippen LogP contribution in [0.1, 0.15) is 51.9 Å². The highest BCUT2D eigenvalue weighted by Crippen LogP contribution is 2.24. The van der Waals surface area contributed by atoms with Crippen LogP contribution in [0.4, 0.5) is 0 Å².